The first-order valence-corrected chi connectivity index (χ1v) is 14.4. The van der Waals surface area contributed by atoms with Crippen molar-refractivity contribution in [3.05, 3.63) is 53.7 Å². The molecule has 2 aliphatic heterocycles. The third-order valence-corrected chi connectivity index (χ3v) is 8.54. The van der Waals surface area contributed by atoms with E-state index in [9.17, 15) is 0 Å². The van der Waals surface area contributed by atoms with Crippen molar-refractivity contribution in [1.29, 1.82) is 0 Å². The predicted octanol–water partition coefficient (Wildman–Crippen LogP) is 5.52. The normalized spacial score (nSPS) is 18.3. The fraction of sp³-hybridized carbons (Fsp3) is 0.567. The van der Waals surface area contributed by atoms with Gasteiger partial charge < -0.3 is 15.1 Å². The first kappa shape index (κ1) is 28.5. The molecule has 5 rings (SSSR count). The highest BCUT2D eigenvalue weighted by molar-refractivity contribution is 5.88. The number of hydrogen-bond donors (Lipinski definition) is 1. The average molecular weight is 556 g/mol. The van der Waals surface area contributed by atoms with Crippen molar-refractivity contribution in [2.45, 2.75) is 65.1 Å². The van der Waals surface area contributed by atoms with Crippen molar-refractivity contribution < 1.29 is 13.2 Å². The first-order chi connectivity index (χ1) is 19.1. The maximum atomic E-state index is 15.6. The number of piperazine rings is 1. The van der Waals surface area contributed by atoms with Crippen molar-refractivity contribution in [2.75, 3.05) is 49.5 Å². The summed E-state index contributed by atoms with van der Waals surface area (Å²) in [7, 11) is 0. The van der Waals surface area contributed by atoms with Crippen LogP contribution in [-0.4, -0.2) is 76.1 Å². The van der Waals surface area contributed by atoms with E-state index in [-0.39, 0.29) is 12.1 Å². The van der Waals surface area contributed by atoms with Gasteiger partial charge in [-0.05, 0) is 59.7 Å². The number of alkyl halides is 2. The summed E-state index contributed by atoms with van der Waals surface area (Å²) < 4.78 is 46.7. The number of nitrogens with zero attached hydrogens (tertiary/aromatic N) is 6. The van der Waals surface area contributed by atoms with E-state index >= 15 is 13.2 Å². The van der Waals surface area contributed by atoms with E-state index in [1.807, 2.05) is 12.3 Å². The smallest absolute Gasteiger partial charge is 0.278 e. The van der Waals surface area contributed by atoms with Crippen LogP contribution in [0.5, 0.6) is 0 Å². The minimum absolute atomic E-state index is 0.0188. The first-order valence-electron chi connectivity index (χ1n) is 14.4. The summed E-state index contributed by atoms with van der Waals surface area (Å²) >= 11 is 0. The molecule has 0 unspecified atom stereocenters. The molecule has 3 aromatic rings. The number of likely N-dealkylation sites (tertiary alicyclic amines) is 1. The summed E-state index contributed by atoms with van der Waals surface area (Å²) in [5.74, 6) is -4.47. The van der Waals surface area contributed by atoms with Crippen LogP contribution in [0.3, 0.4) is 0 Å². The number of pyridine rings is 1. The van der Waals surface area contributed by atoms with E-state index in [4.69, 9.17) is 0 Å². The van der Waals surface area contributed by atoms with Crippen LogP contribution in [0.15, 0.2) is 36.8 Å². The molecule has 0 saturated carbocycles. The Morgan fingerprint density at radius 1 is 0.925 bits per heavy atom. The molecular formula is C30H40F3N7. The van der Waals surface area contributed by atoms with Crippen LogP contribution >= 0.6 is 0 Å². The largest absolute Gasteiger partial charge is 0.368 e. The van der Waals surface area contributed by atoms with Crippen LogP contribution in [0.25, 0.3) is 11.0 Å². The minimum Gasteiger partial charge on any atom is -0.368 e. The highest BCUT2D eigenvalue weighted by Crippen LogP contribution is 2.43. The van der Waals surface area contributed by atoms with E-state index in [0.29, 0.717) is 54.9 Å². The summed E-state index contributed by atoms with van der Waals surface area (Å²) in [6.07, 6.45) is 3.92. The van der Waals surface area contributed by atoms with E-state index in [1.54, 1.807) is 6.07 Å². The molecule has 1 N–H and O–H groups in total. The van der Waals surface area contributed by atoms with Gasteiger partial charge in [-0.25, -0.2) is 28.1 Å². The van der Waals surface area contributed by atoms with Gasteiger partial charge in [-0.1, -0.05) is 18.2 Å². The van der Waals surface area contributed by atoms with Gasteiger partial charge in [-0.3, -0.25) is 4.90 Å². The van der Waals surface area contributed by atoms with Crippen molar-refractivity contribution in [2.24, 2.45) is 5.92 Å². The maximum Gasteiger partial charge on any atom is 0.278 e. The molecule has 2 saturated heterocycles. The molecule has 0 amide bonds. The predicted molar refractivity (Wildman–Crippen MR) is 153 cm³/mol. The molecule has 7 nitrogen and oxygen atoms in total. The summed E-state index contributed by atoms with van der Waals surface area (Å²) in [6, 6.07) is 7.12. The quantitative estimate of drug-likeness (QED) is 0.393. The van der Waals surface area contributed by atoms with Crippen molar-refractivity contribution in [3.63, 3.8) is 0 Å². The van der Waals surface area contributed by atoms with Crippen molar-refractivity contribution >= 4 is 22.5 Å². The lowest BCUT2D eigenvalue weighted by Gasteiger charge is -2.38. The van der Waals surface area contributed by atoms with Gasteiger partial charge in [0, 0.05) is 56.3 Å². The summed E-state index contributed by atoms with van der Waals surface area (Å²) in [6.45, 7) is 13.5. The van der Waals surface area contributed by atoms with Gasteiger partial charge in [0.05, 0.1) is 22.8 Å². The number of nitrogens with one attached hydrogen (secondary N) is 1. The van der Waals surface area contributed by atoms with Crippen molar-refractivity contribution in [3.8, 4) is 0 Å². The van der Waals surface area contributed by atoms with Crippen LogP contribution in [0, 0.1) is 11.7 Å². The number of fused-ring (bicyclic) bond motifs is 1. The molecule has 0 radical (unpaired) electrons. The van der Waals surface area contributed by atoms with E-state index in [1.165, 1.54) is 18.5 Å². The lowest BCUT2D eigenvalue weighted by Crippen LogP contribution is -2.48. The molecule has 216 valence electrons. The lowest BCUT2D eigenvalue weighted by atomic mass is 9.85. The fourth-order valence-corrected chi connectivity index (χ4v) is 5.90. The molecule has 0 aliphatic carbocycles. The Bertz CT molecular complexity index is 1300. The van der Waals surface area contributed by atoms with Gasteiger partial charge in [0.2, 0.25) is 0 Å². The lowest BCUT2D eigenvalue weighted by molar-refractivity contribution is -0.0900. The molecule has 4 heterocycles. The third-order valence-electron chi connectivity index (χ3n) is 8.54. The average Bonchev–Trinajstić information content (AvgIpc) is 2.96. The molecule has 40 heavy (non-hydrogen) atoms. The Morgan fingerprint density at radius 3 is 2.27 bits per heavy atom. The second kappa shape index (κ2) is 11.9. The molecule has 1 aromatic carbocycles. The molecule has 0 bridgehead atoms. The van der Waals surface area contributed by atoms with Gasteiger partial charge in [0.25, 0.3) is 5.92 Å². The van der Waals surface area contributed by atoms with E-state index in [0.717, 1.165) is 31.9 Å². The Kier molecular flexibility index (Phi) is 8.47. The van der Waals surface area contributed by atoms with Crippen molar-refractivity contribution in [1.82, 2.24) is 24.8 Å². The van der Waals surface area contributed by atoms with Gasteiger partial charge in [0.1, 0.15) is 18.0 Å². The Hall–Kier alpha value is -2.98. The Balaban J connectivity index is 1.32. The number of aromatic nitrogens is 3. The van der Waals surface area contributed by atoms with E-state index in [2.05, 4.69) is 62.7 Å². The number of anilines is 2. The van der Waals surface area contributed by atoms with E-state index < -0.39 is 23.2 Å². The van der Waals surface area contributed by atoms with Gasteiger partial charge >= 0.3 is 0 Å². The zero-order chi connectivity index (χ0) is 28.4. The highest BCUT2D eigenvalue weighted by Gasteiger charge is 2.45. The SMILES string of the molecule is CC(C)N1CCC(C(F)(F)c2cccc(CNc3ncnc4ncc(N5CCN(C(C)C)CC5)cc34)c2F)CC1. The van der Waals surface area contributed by atoms with Crippen LogP contribution in [-0.2, 0) is 12.5 Å². The molecule has 2 aliphatic rings. The van der Waals surface area contributed by atoms with Gasteiger partial charge in [-0.2, -0.15) is 0 Å². The number of piperidine rings is 1. The molecule has 2 aromatic heterocycles. The molecule has 0 spiro atoms. The number of hydrogen-bond acceptors (Lipinski definition) is 7. The maximum absolute atomic E-state index is 15.6. The Morgan fingerprint density at radius 2 is 1.60 bits per heavy atom. The second-order valence-electron chi connectivity index (χ2n) is 11.6. The van der Waals surface area contributed by atoms with Gasteiger partial charge in [-0.15, -0.1) is 0 Å². The monoisotopic (exact) mass is 555 g/mol. The Labute approximate surface area is 234 Å². The summed E-state index contributed by atoms with van der Waals surface area (Å²) in [4.78, 5) is 20.1. The number of rotatable bonds is 8. The molecule has 10 heteroatoms. The third kappa shape index (κ3) is 5.88. The summed E-state index contributed by atoms with van der Waals surface area (Å²) in [5.41, 5.74) is 1.16. The minimum atomic E-state index is -3.23. The fourth-order valence-electron chi connectivity index (χ4n) is 5.90. The second-order valence-corrected chi connectivity index (χ2v) is 11.6. The molecule has 0 atom stereocenters. The topological polar surface area (TPSA) is 60.4 Å². The van der Waals surface area contributed by atoms with Crippen LogP contribution in [0.1, 0.15) is 51.7 Å². The zero-order valence-corrected chi connectivity index (χ0v) is 23.9. The number of halogens is 3. The van der Waals surface area contributed by atoms with Crippen LogP contribution in [0.4, 0.5) is 24.7 Å². The van der Waals surface area contributed by atoms with Crippen LogP contribution < -0.4 is 10.2 Å². The highest BCUT2D eigenvalue weighted by atomic mass is 19.3. The molecular weight excluding hydrogens is 515 g/mol. The standard InChI is InChI=1S/C30H40F3N7/c1-20(2)38-10-8-23(9-11-38)30(32,33)26-7-5-6-22(27(26)31)17-34-28-25-16-24(18-35-29(25)37-19-36-28)40-14-12-39(13-15-40)21(3)4/h5-7,16,18-21,23H,8-15,17H2,1-4H3,(H,34,35,36,37). The number of benzene rings is 1. The molecule has 2 fully saturated rings. The van der Waals surface area contributed by atoms with Crippen LogP contribution in [0.2, 0.25) is 0 Å². The zero-order valence-electron chi connectivity index (χ0n) is 23.9. The summed E-state index contributed by atoms with van der Waals surface area (Å²) in [5, 5.41) is 3.88. The van der Waals surface area contributed by atoms with Gasteiger partial charge in [0.15, 0.2) is 5.65 Å².